The quantitative estimate of drug-likeness (QED) is 0.778. The first-order valence-corrected chi connectivity index (χ1v) is 10.8. The molecule has 6 heteroatoms. The molecule has 0 radical (unpaired) electrons. The van der Waals surface area contributed by atoms with Crippen molar-refractivity contribution in [3.05, 3.63) is 28.2 Å². The van der Waals surface area contributed by atoms with Crippen LogP contribution in [0.5, 0.6) is 0 Å². The molecule has 1 aromatic carbocycles. The molecule has 3 aliphatic rings. The Morgan fingerprint density at radius 1 is 1.19 bits per heavy atom. The van der Waals surface area contributed by atoms with Crippen LogP contribution in [-0.4, -0.2) is 47.7 Å². The van der Waals surface area contributed by atoms with Crippen molar-refractivity contribution in [3.8, 4) is 6.07 Å². The Hall–Kier alpha value is -1.58. The van der Waals surface area contributed by atoms with Crippen LogP contribution in [0.4, 0.5) is 5.69 Å². The number of hydrogen-bond acceptors (Lipinski definition) is 4. The molecule has 1 atom stereocenters. The summed E-state index contributed by atoms with van der Waals surface area (Å²) < 4.78 is 0.808. The summed E-state index contributed by atoms with van der Waals surface area (Å²) >= 11 is 3.48. The molecule has 0 unspecified atom stereocenters. The van der Waals surface area contributed by atoms with Gasteiger partial charge in [-0.1, -0.05) is 0 Å². The van der Waals surface area contributed by atoms with Crippen molar-refractivity contribution in [2.75, 3.05) is 24.5 Å². The second-order valence-corrected chi connectivity index (χ2v) is 9.15. The maximum atomic E-state index is 13.4. The second-order valence-electron chi connectivity index (χ2n) is 8.29. The number of carbonyl (C=O) groups excluding carboxylic acids is 1. The predicted molar refractivity (Wildman–Crippen MR) is 107 cm³/mol. The third kappa shape index (κ3) is 3.48. The molecule has 0 aromatic heterocycles. The fourth-order valence-corrected chi connectivity index (χ4v) is 5.54. The van der Waals surface area contributed by atoms with E-state index in [0.717, 1.165) is 74.7 Å². The molecule has 3 fully saturated rings. The van der Waals surface area contributed by atoms with Gasteiger partial charge in [0.05, 0.1) is 17.1 Å². The number of piperidine rings is 1. The number of aliphatic hydroxyl groups excluding tert-OH is 1. The van der Waals surface area contributed by atoms with Gasteiger partial charge in [0.25, 0.3) is 0 Å². The molecule has 1 spiro atoms. The number of benzene rings is 1. The number of amides is 1. The molecule has 1 amide bonds. The minimum atomic E-state index is -0.269. The average Bonchev–Trinajstić information content (AvgIpc) is 2.98. The van der Waals surface area contributed by atoms with Gasteiger partial charge in [0.15, 0.2) is 0 Å². The molecule has 2 saturated heterocycles. The standard InChI is InChI=1S/C21H26BrN3O2/c22-19-12-17(3-2-15(19)13-23)24-10-1-8-21(14-24)9-11-25(20(21)27)16-4-6-18(26)7-5-16/h2-3,12,16,18,26H,1,4-11,14H2/t16?,18?,21-/m1/s1. The summed E-state index contributed by atoms with van der Waals surface area (Å²) in [6, 6.07) is 8.32. The van der Waals surface area contributed by atoms with Crippen LogP contribution in [0.3, 0.4) is 0 Å². The van der Waals surface area contributed by atoms with Crippen LogP contribution < -0.4 is 4.90 Å². The summed E-state index contributed by atoms with van der Waals surface area (Å²) in [5, 5.41) is 18.9. The highest BCUT2D eigenvalue weighted by Crippen LogP contribution is 2.43. The van der Waals surface area contributed by atoms with Crippen molar-refractivity contribution < 1.29 is 9.90 Å². The van der Waals surface area contributed by atoms with Crippen LogP contribution in [0, 0.1) is 16.7 Å². The number of likely N-dealkylation sites (tertiary alicyclic amines) is 1. The minimum absolute atomic E-state index is 0.187. The highest BCUT2D eigenvalue weighted by Gasteiger charge is 2.50. The lowest BCUT2D eigenvalue weighted by atomic mass is 9.78. The topological polar surface area (TPSA) is 67.6 Å². The number of nitrogens with zero attached hydrogens (tertiary/aromatic N) is 3. The zero-order valence-electron chi connectivity index (χ0n) is 15.5. The Morgan fingerprint density at radius 2 is 1.96 bits per heavy atom. The Morgan fingerprint density at radius 3 is 2.67 bits per heavy atom. The molecule has 27 heavy (non-hydrogen) atoms. The Bertz CT molecular complexity index is 769. The molecule has 5 nitrogen and oxygen atoms in total. The largest absolute Gasteiger partial charge is 0.393 e. The van der Waals surface area contributed by atoms with Crippen LogP contribution in [0.25, 0.3) is 0 Å². The second kappa shape index (κ2) is 7.44. The van der Waals surface area contributed by atoms with Gasteiger partial charge < -0.3 is 14.9 Å². The maximum Gasteiger partial charge on any atom is 0.230 e. The Labute approximate surface area is 169 Å². The fraction of sp³-hybridized carbons (Fsp3) is 0.619. The van der Waals surface area contributed by atoms with Crippen molar-refractivity contribution in [1.29, 1.82) is 5.26 Å². The van der Waals surface area contributed by atoms with Gasteiger partial charge in [-0.25, -0.2) is 0 Å². The van der Waals surface area contributed by atoms with Crippen LogP contribution in [-0.2, 0) is 4.79 Å². The number of aliphatic hydroxyl groups is 1. The third-order valence-corrected chi connectivity index (χ3v) is 7.32. The lowest BCUT2D eigenvalue weighted by Crippen LogP contribution is -2.50. The number of carbonyl (C=O) groups is 1. The number of rotatable bonds is 2. The van der Waals surface area contributed by atoms with Crippen molar-refractivity contribution >= 4 is 27.5 Å². The van der Waals surface area contributed by atoms with E-state index in [4.69, 9.17) is 5.26 Å². The van der Waals surface area contributed by atoms with E-state index < -0.39 is 0 Å². The molecular formula is C21H26BrN3O2. The zero-order valence-corrected chi connectivity index (χ0v) is 17.1. The molecular weight excluding hydrogens is 406 g/mol. The fourth-order valence-electron chi connectivity index (χ4n) is 5.09. The summed E-state index contributed by atoms with van der Waals surface area (Å²) in [5.74, 6) is 0.321. The summed E-state index contributed by atoms with van der Waals surface area (Å²) in [5.41, 5.74) is 1.44. The maximum absolute atomic E-state index is 13.4. The van der Waals surface area contributed by atoms with Crippen molar-refractivity contribution in [1.82, 2.24) is 4.90 Å². The highest BCUT2D eigenvalue weighted by atomic mass is 79.9. The monoisotopic (exact) mass is 431 g/mol. The Balaban J connectivity index is 1.50. The summed E-state index contributed by atoms with van der Waals surface area (Å²) in [6.45, 7) is 2.56. The van der Waals surface area contributed by atoms with Gasteiger partial charge in [0, 0.05) is 35.8 Å². The van der Waals surface area contributed by atoms with E-state index in [0.29, 0.717) is 17.5 Å². The lowest BCUT2D eigenvalue weighted by Gasteiger charge is -2.41. The Kier molecular flexibility index (Phi) is 5.17. The summed E-state index contributed by atoms with van der Waals surface area (Å²) in [6.07, 6.45) is 6.20. The third-order valence-electron chi connectivity index (χ3n) is 6.67. The molecule has 4 rings (SSSR count). The van der Waals surface area contributed by atoms with Gasteiger partial charge in [-0.15, -0.1) is 0 Å². The van der Waals surface area contributed by atoms with Crippen LogP contribution >= 0.6 is 15.9 Å². The highest BCUT2D eigenvalue weighted by molar-refractivity contribution is 9.10. The number of halogens is 1. The van der Waals surface area contributed by atoms with E-state index in [1.165, 1.54) is 0 Å². The molecule has 2 heterocycles. The SMILES string of the molecule is N#Cc1ccc(N2CCC[C@@]3(CCN(C4CCC(O)CC4)C3=O)C2)cc1Br. The van der Waals surface area contributed by atoms with Crippen LogP contribution in [0.1, 0.15) is 50.5 Å². The molecule has 0 bridgehead atoms. The predicted octanol–water partition coefficient (Wildman–Crippen LogP) is 3.44. The van der Waals surface area contributed by atoms with Gasteiger partial charge in [-0.3, -0.25) is 4.79 Å². The summed E-state index contributed by atoms with van der Waals surface area (Å²) in [4.78, 5) is 17.8. The van der Waals surface area contributed by atoms with Gasteiger partial charge in [-0.2, -0.15) is 5.26 Å². The molecule has 1 saturated carbocycles. The number of nitriles is 1. The number of hydrogen-bond donors (Lipinski definition) is 1. The van der Waals surface area contributed by atoms with Crippen LogP contribution in [0.2, 0.25) is 0 Å². The van der Waals surface area contributed by atoms with Crippen molar-refractivity contribution in [2.24, 2.45) is 5.41 Å². The molecule has 2 aliphatic heterocycles. The van der Waals surface area contributed by atoms with E-state index in [1.807, 2.05) is 18.2 Å². The first-order valence-electron chi connectivity index (χ1n) is 9.96. The molecule has 1 N–H and O–H groups in total. The normalized spacial score (nSPS) is 31.4. The van der Waals surface area contributed by atoms with Gasteiger partial charge in [0.2, 0.25) is 5.91 Å². The van der Waals surface area contributed by atoms with E-state index in [2.05, 4.69) is 31.8 Å². The van der Waals surface area contributed by atoms with E-state index in [1.54, 1.807) is 0 Å². The van der Waals surface area contributed by atoms with Crippen molar-refractivity contribution in [2.45, 2.75) is 57.1 Å². The van der Waals surface area contributed by atoms with E-state index in [-0.39, 0.29) is 11.5 Å². The van der Waals surface area contributed by atoms with Crippen LogP contribution in [0.15, 0.2) is 22.7 Å². The summed E-state index contributed by atoms with van der Waals surface area (Å²) in [7, 11) is 0. The van der Waals surface area contributed by atoms with E-state index >= 15 is 0 Å². The zero-order chi connectivity index (χ0) is 19.0. The van der Waals surface area contributed by atoms with Gasteiger partial charge in [0.1, 0.15) is 6.07 Å². The van der Waals surface area contributed by atoms with Crippen molar-refractivity contribution in [3.63, 3.8) is 0 Å². The minimum Gasteiger partial charge on any atom is -0.393 e. The van der Waals surface area contributed by atoms with Gasteiger partial charge >= 0.3 is 0 Å². The molecule has 1 aromatic rings. The lowest BCUT2D eigenvalue weighted by molar-refractivity contribution is -0.139. The average molecular weight is 432 g/mol. The first kappa shape index (κ1) is 18.8. The number of anilines is 1. The van der Waals surface area contributed by atoms with Gasteiger partial charge in [-0.05, 0) is 79.1 Å². The molecule has 144 valence electrons. The smallest absolute Gasteiger partial charge is 0.230 e. The van der Waals surface area contributed by atoms with E-state index in [9.17, 15) is 9.90 Å². The first-order chi connectivity index (χ1) is 13.0. The molecule has 1 aliphatic carbocycles.